The number of benzene rings is 2. The highest BCUT2D eigenvalue weighted by molar-refractivity contribution is 5.96. The summed E-state index contributed by atoms with van der Waals surface area (Å²) in [7, 11) is 1.41. The number of nitrogens with zero attached hydrogens (tertiary/aromatic N) is 2. The molecule has 1 atom stereocenters. The summed E-state index contributed by atoms with van der Waals surface area (Å²) in [5.74, 6) is -0.238. The molecule has 6 heteroatoms. The highest BCUT2D eigenvalue weighted by Gasteiger charge is 2.47. The molecule has 1 unspecified atom stereocenters. The molecule has 2 aliphatic rings. The predicted molar refractivity (Wildman–Crippen MR) is 122 cm³/mol. The van der Waals surface area contributed by atoms with E-state index in [4.69, 9.17) is 4.74 Å². The van der Waals surface area contributed by atoms with E-state index in [9.17, 15) is 9.59 Å². The van der Waals surface area contributed by atoms with E-state index >= 15 is 0 Å². The fourth-order valence-electron chi connectivity index (χ4n) is 4.93. The molecule has 0 spiro atoms. The van der Waals surface area contributed by atoms with E-state index in [1.54, 1.807) is 0 Å². The number of urea groups is 1. The number of para-hydroxylation sites is 1. The Morgan fingerprint density at radius 1 is 1.13 bits per heavy atom. The summed E-state index contributed by atoms with van der Waals surface area (Å²) in [6.07, 6.45) is 2.90. The topological polar surface area (TPSA) is 58.6 Å². The SMILES string of the molecule is CCN1CCc2ccc([N+]3(c4ccccc4CCC(=O)OC)CCNC3=O)cc2CC1. The van der Waals surface area contributed by atoms with Crippen molar-refractivity contribution in [1.29, 1.82) is 0 Å². The molecule has 2 amide bonds. The van der Waals surface area contributed by atoms with Gasteiger partial charge in [0.1, 0.15) is 17.9 Å². The van der Waals surface area contributed by atoms with Crippen molar-refractivity contribution in [2.75, 3.05) is 39.8 Å². The van der Waals surface area contributed by atoms with Gasteiger partial charge in [-0.3, -0.25) is 10.1 Å². The molecule has 0 radical (unpaired) electrons. The Morgan fingerprint density at radius 2 is 1.90 bits per heavy atom. The molecule has 1 saturated heterocycles. The number of likely N-dealkylation sites (N-methyl/N-ethyl adjacent to an activating group) is 1. The molecular weight excluding hydrogens is 390 g/mol. The molecule has 4 rings (SSSR count). The number of nitrogens with one attached hydrogen (secondary N) is 1. The van der Waals surface area contributed by atoms with E-state index in [0.717, 1.165) is 49.4 Å². The Kier molecular flexibility index (Phi) is 6.39. The van der Waals surface area contributed by atoms with E-state index in [2.05, 4.69) is 35.3 Å². The smallest absolute Gasteiger partial charge is 0.427 e. The fraction of sp³-hybridized carbons (Fsp3) is 0.440. The normalized spacial score (nSPS) is 21.3. The zero-order chi connectivity index (χ0) is 21.8. The largest absolute Gasteiger partial charge is 0.469 e. The summed E-state index contributed by atoms with van der Waals surface area (Å²) >= 11 is 0. The third-order valence-corrected chi connectivity index (χ3v) is 6.77. The van der Waals surface area contributed by atoms with Crippen LogP contribution in [0.5, 0.6) is 0 Å². The van der Waals surface area contributed by atoms with Crippen molar-refractivity contribution < 1.29 is 14.3 Å². The number of hydrogen-bond donors (Lipinski definition) is 1. The van der Waals surface area contributed by atoms with Crippen LogP contribution in [-0.2, 0) is 28.8 Å². The summed E-state index contributed by atoms with van der Waals surface area (Å²) in [4.78, 5) is 27.6. The number of esters is 1. The van der Waals surface area contributed by atoms with Crippen LogP contribution >= 0.6 is 0 Å². The molecule has 0 aliphatic carbocycles. The van der Waals surface area contributed by atoms with Crippen molar-refractivity contribution in [2.24, 2.45) is 0 Å². The molecular formula is C25H32N3O3+. The van der Waals surface area contributed by atoms with Gasteiger partial charge < -0.3 is 9.64 Å². The van der Waals surface area contributed by atoms with Crippen LogP contribution < -0.4 is 9.80 Å². The Bertz CT molecular complexity index is 974. The number of fused-ring (bicyclic) bond motifs is 1. The van der Waals surface area contributed by atoms with Crippen molar-refractivity contribution in [2.45, 2.75) is 32.6 Å². The molecule has 2 aliphatic heterocycles. The maximum Gasteiger partial charge on any atom is 0.427 e. The Labute approximate surface area is 184 Å². The van der Waals surface area contributed by atoms with Crippen molar-refractivity contribution in [3.8, 4) is 0 Å². The van der Waals surface area contributed by atoms with Gasteiger partial charge in [-0.1, -0.05) is 31.2 Å². The van der Waals surface area contributed by atoms with Crippen molar-refractivity contribution in [3.63, 3.8) is 0 Å². The molecule has 2 aromatic rings. The summed E-state index contributed by atoms with van der Waals surface area (Å²) in [6, 6.07) is 14.6. The molecule has 0 saturated carbocycles. The molecule has 2 heterocycles. The monoisotopic (exact) mass is 422 g/mol. The maximum atomic E-state index is 13.3. The van der Waals surface area contributed by atoms with Crippen LogP contribution in [0.1, 0.15) is 30.0 Å². The lowest BCUT2D eigenvalue weighted by atomic mass is 9.99. The van der Waals surface area contributed by atoms with Gasteiger partial charge in [0.05, 0.1) is 13.7 Å². The molecule has 1 fully saturated rings. The van der Waals surface area contributed by atoms with E-state index in [0.29, 0.717) is 25.9 Å². The quantitative estimate of drug-likeness (QED) is 0.571. The Balaban J connectivity index is 1.75. The van der Waals surface area contributed by atoms with Crippen LogP contribution in [-0.4, -0.2) is 56.7 Å². The lowest BCUT2D eigenvalue weighted by Gasteiger charge is -2.31. The fourth-order valence-corrected chi connectivity index (χ4v) is 4.93. The van der Waals surface area contributed by atoms with Gasteiger partial charge >= 0.3 is 12.0 Å². The first-order valence-corrected chi connectivity index (χ1v) is 11.2. The number of ether oxygens (including phenoxy) is 1. The van der Waals surface area contributed by atoms with Crippen LogP contribution in [0, 0.1) is 0 Å². The number of quaternary nitrogens is 1. The van der Waals surface area contributed by atoms with Crippen molar-refractivity contribution in [1.82, 2.24) is 14.7 Å². The molecule has 0 bridgehead atoms. The van der Waals surface area contributed by atoms with Crippen LogP contribution in [0.2, 0.25) is 0 Å². The number of rotatable bonds is 6. The lowest BCUT2D eigenvalue weighted by Crippen LogP contribution is -2.47. The van der Waals surface area contributed by atoms with Crippen molar-refractivity contribution >= 4 is 23.4 Å². The van der Waals surface area contributed by atoms with Gasteiger partial charge in [-0.15, -0.1) is 0 Å². The van der Waals surface area contributed by atoms with Crippen LogP contribution in [0.15, 0.2) is 42.5 Å². The number of carbonyl (C=O) groups excluding carboxylic acids is 2. The maximum absolute atomic E-state index is 13.3. The summed E-state index contributed by atoms with van der Waals surface area (Å²) in [5, 5.41) is 3.05. The molecule has 31 heavy (non-hydrogen) atoms. The zero-order valence-electron chi connectivity index (χ0n) is 18.5. The summed E-state index contributed by atoms with van der Waals surface area (Å²) in [6.45, 7) is 6.70. The van der Waals surface area contributed by atoms with Crippen LogP contribution in [0.4, 0.5) is 16.2 Å². The third-order valence-electron chi connectivity index (χ3n) is 6.77. The number of amides is 2. The number of methoxy groups -OCH3 is 1. The number of aryl methyl sites for hydroxylation is 1. The van der Waals surface area contributed by atoms with E-state index in [-0.39, 0.29) is 16.5 Å². The van der Waals surface area contributed by atoms with Crippen LogP contribution in [0.25, 0.3) is 0 Å². The van der Waals surface area contributed by atoms with Gasteiger partial charge in [-0.25, -0.2) is 4.79 Å². The van der Waals surface area contributed by atoms with E-state index in [1.165, 1.54) is 18.2 Å². The minimum absolute atomic E-state index is 0.00530. The second-order valence-electron chi connectivity index (χ2n) is 8.36. The lowest BCUT2D eigenvalue weighted by molar-refractivity contribution is -0.140. The van der Waals surface area contributed by atoms with Crippen LogP contribution in [0.3, 0.4) is 0 Å². The first-order valence-electron chi connectivity index (χ1n) is 11.2. The van der Waals surface area contributed by atoms with E-state index in [1.807, 2.05) is 24.3 Å². The van der Waals surface area contributed by atoms with E-state index < -0.39 is 0 Å². The molecule has 2 aromatic carbocycles. The van der Waals surface area contributed by atoms with Crippen molar-refractivity contribution in [3.05, 3.63) is 59.2 Å². The van der Waals surface area contributed by atoms with Gasteiger partial charge in [-0.2, -0.15) is 4.48 Å². The Morgan fingerprint density at radius 3 is 2.61 bits per heavy atom. The highest BCUT2D eigenvalue weighted by Crippen LogP contribution is 2.40. The Hall–Kier alpha value is -2.70. The van der Waals surface area contributed by atoms with Gasteiger partial charge in [0.2, 0.25) is 0 Å². The highest BCUT2D eigenvalue weighted by atomic mass is 16.5. The van der Waals surface area contributed by atoms with Gasteiger partial charge in [0, 0.05) is 43.3 Å². The third kappa shape index (κ3) is 4.10. The minimum Gasteiger partial charge on any atom is -0.469 e. The molecule has 6 nitrogen and oxygen atoms in total. The number of carbonyl (C=O) groups is 2. The first kappa shape index (κ1) is 21.5. The second kappa shape index (κ2) is 9.20. The summed E-state index contributed by atoms with van der Waals surface area (Å²) in [5.41, 5.74) is 5.69. The first-order chi connectivity index (χ1) is 15.1. The standard InChI is InChI=1S/C25H31N3O3/c1-3-27-15-12-19-8-10-22(18-21(19)13-16-27)28(17-14-26-25(28)30)23-7-5-4-6-20(23)9-11-24(29)31-2/h4-8,10,18H,3,9,11-17H2,1-2H3/p+1. The van der Waals surface area contributed by atoms with Gasteiger partial charge in [0.25, 0.3) is 0 Å². The minimum atomic E-state index is -0.238. The van der Waals surface area contributed by atoms with Gasteiger partial charge in [-0.05, 0) is 36.9 Å². The zero-order valence-corrected chi connectivity index (χ0v) is 18.5. The molecule has 164 valence electrons. The average molecular weight is 423 g/mol. The number of hydrogen-bond acceptors (Lipinski definition) is 4. The second-order valence-corrected chi connectivity index (χ2v) is 8.36. The average Bonchev–Trinajstić information content (AvgIpc) is 3.07. The molecule has 1 N–H and O–H groups in total. The molecule has 0 aromatic heterocycles. The van der Waals surface area contributed by atoms with Gasteiger partial charge in [0.15, 0.2) is 0 Å². The predicted octanol–water partition coefficient (Wildman–Crippen LogP) is 3.57. The summed E-state index contributed by atoms with van der Waals surface area (Å²) < 4.78 is 4.99.